The van der Waals surface area contributed by atoms with Gasteiger partial charge in [-0.2, -0.15) is 0 Å². The molecule has 0 unspecified atom stereocenters. The summed E-state index contributed by atoms with van der Waals surface area (Å²) in [7, 11) is -3.27. The van der Waals surface area contributed by atoms with Gasteiger partial charge in [0.2, 0.25) is 10.0 Å². The molecule has 2 aromatic rings. The van der Waals surface area contributed by atoms with Gasteiger partial charge < -0.3 is 0 Å². The molecule has 0 saturated carbocycles. The van der Waals surface area contributed by atoms with E-state index in [0.29, 0.717) is 24.0 Å². The van der Waals surface area contributed by atoms with Crippen molar-refractivity contribution in [3.05, 3.63) is 70.7 Å². The third-order valence-corrected chi connectivity index (χ3v) is 6.66. The molecule has 1 aliphatic rings. The van der Waals surface area contributed by atoms with Gasteiger partial charge in [-0.25, -0.2) is 12.7 Å². The second kappa shape index (κ2) is 7.68. The van der Waals surface area contributed by atoms with Crippen LogP contribution in [0, 0.1) is 5.92 Å². The average Bonchev–Trinajstić information content (AvgIpc) is 2.56. The van der Waals surface area contributed by atoms with E-state index < -0.39 is 10.0 Å². The van der Waals surface area contributed by atoms with Crippen molar-refractivity contribution in [3.8, 4) is 0 Å². The van der Waals surface area contributed by atoms with E-state index in [1.165, 1.54) is 5.56 Å². The van der Waals surface area contributed by atoms with E-state index in [0.717, 1.165) is 24.8 Å². The first-order chi connectivity index (χ1) is 11.5. The highest BCUT2D eigenvalue weighted by Gasteiger charge is 2.28. The molecule has 0 aromatic heterocycles. The van der Waals surface area contributed by atoms with Crippen LogP contribution in [0.5, 0.6) is 0 Å². The standard InChI is InChI=1S/C19H22ClNO2S/c20-19-8-4-7-18(14-19)15-24(22,23)21-11-9-17(10-12-21)13-16-5-2-1-3-6-16/h1-8,14,17H,9-13,15H2. The second-order valence-electron chi connectivity index (χ2n) is 6.42. The summed E-state index contributed by atoms with van der Waals surface area (Å²) in [6, 6.07) is 17.5. The summed E-state index contributed by atoms with van der Waals surface area (Å²) < 4.78 is 26.9. The molecule has 0 atom stereocenters. The number of nitrogens with zero attached hydrogens (tertiary/aromatic N) is 1. The first kappa shape index (κ1) is 17.5. The zero-order valence-corrected chi connectivity index (χ0v) is 15.1. The maximum Gasteiger partial charge on any atom is 0.218 e. The summed E-state index contributed by atoms with van der Waals surface area (Å²) in [4.78, 5) is 0. The molecule has 0 spiro atoms. The van der Waals surface area contributed by atoms with Crippen LogP contribution in [-0.4, -0.2) is 25.8 Å². The molecular weight excluding hydrogens is 342 g/mol. The van der Waals surface area contributed by atoms with Gasteiger partial charge in [0.15, 0.2) is 0 Å². The van der Waals surface area contributed by atoms with Crippen LogP contribution >= 0.6 is 11.6 Å². The Balaban J connectivity index is 1.57. The number of halogens is 1. The largest absolute Gasteiger partial charge is 0.218 e. The maximum atomic E-state index is 12.6. The van der Waals surface area contributed by atoms with Crippen molar-refractivity contribution in [1.82, 2.24) is 4.31 Å². The molecule has 128 valence electrons. The molecule has 3 nitrogen and oxygen atoms in total. The number of hydrogen-bond donors (Lipinski definition) is 0. The number of hydrogen-bond acceptors (Lipinski definition) is 2. The topological polar surface area (TPSA) is 37.4 Å². The van der Waals surface area contributed by atoms with Gasteiger partial charge in [-0.05, 0) is 48.4 Å². The van der Waals surface area contributed by atoms with Gasteiger partial charge in [0.05, 0.1) is 5.75 Å². The summed E-state index contributed by atoms with van der Waals surface area (Å²) in [5.74, 6) is 0.585. The van der Waals surface area contributed by atoms with Crippen LogP contribution in [0.2, 0.25) is 5.02 Å². The lowest BCUT2D eigenvalue weighted by molar-refractivity contribution is 0.272. The fourth-order valence-corrected chi connectivity index (χ4v) is 5.03. The summed E-state index contributed by atoms with van der Waals surface area (Å²) in [5.41, 5.74) is 2.08. The maximum absolute atomic E-state index is 12.6. The lowest BCUT2D eigenvalue weighted by atomic mass is 9.91. The third kappa shape index (κ3) is 4.59. The highest BCUT2D eigenvalue weighted by atomic mass is 35.5. The van der Waals surface area contributed by atoms with Crippen LogP contribution in [0.4, 0.5) is 0 Å². The lowest BCUT2D eigenvalue weighted by Crippen LogP contribution is -2.39. The summed E-state index contributed by atoms with van der Waals surface area (Å²) in [6.07, 6.45) is 2.87. The fourth-order valence-electron chi connectivity index (χ4n) is 3.27. The van der Waals surface area contributed by atoms with Crippen molar-refractivity contribution in [3.63, 3.8) is 0 Å². The van der Waals surface area contributed by atoms with Crippen LogP contribution in [0.1, 0.15) is 24.0 Å². The number of piperidine rings is 1. The van der Waals surface area contributed by atoms with Crippen molar-refractivity contribution in [2.45, 2.75) is 25.0 Å². The van der Waals surface area contributed by atoms with Gasteiger partial charge in [0, 0.05) is 18.1 Å². The Morgan fingerprint density at radius 1 is 0.958 bits per heavy atom. The van der Waals surface area contributed by atoms with E-state index in [1.54, 1.807) is 22.5 Å². The molecule has 0 N–H and O–H groups in total. The minimum absolute atomic E-state index is 0.0247. The van der Waals surface area contributed by atoms with Crippen molar-refractivity contribution >= 4 is 21.6 Å². The minimum atomic E-state index is -3.27. The molecule has 24 heavy (non-hydrogen) atoms. The Bertz CT molecular complexity index is 769. The van der Waals surface area contributed by atoms with Gasteiger partial charge in [-0.3, -0.25) is 0 Å². The summed E-state index contributed by atoms with van der Waals surface area (Å²) >= 11 is 5.95. The van der Waals surface area contributed by atoms with Gasteiger partial charge in [-0.1, -0.05) is 54.1 Å². The smallest absolute Gasteiger partial charge is 0.212 e. The molecule has 1 fully saturated rings. The van der Waals surface area contributed by atoms with Crippen molar-refractivity contribution in [2.75, 3.05) is 13.1 Å². The second-order valence-corrected chi connectivity index (χ2v) is 8.82. The predicted octanol–water partition coefficient (Wildman–Crippen LogP) is 4.12. The zero-order chi connectivity index (χ0) is 17.0. The molecule has 5 heteroatoms. The number of sulfonamides is 1. The van der Waals surface area contributed by atoms with Gasteiger partial charge in [0.1, 0.15) is 0 Å². The van der Waals surface area contributed by atoms with Gasteiger partial charge in [-0.15, -0.1) is 0 Å². The van der Waals surface area contributed by atoms with E-state index in [-0.39, 0.29) is 5.75 Å². The highest BCUT2D eigenvalue weighted by molar-refractivity contribution is 7.88. The number of rotatable bonds is 5. The predicted molar refractivity (Wildman–Crippen MR) is 98.5 cm³/mol. The molecule has 0 amide bonds. The molecule has 0 radical (unpaired) electrons. The van der Waals surface area contributed by atoms with Crippen molar-refractivity contribution in [2.24, 2.45) is 5.92 Å². The van der Waals surface area contributed by atoms with Crippen LogP contribution < -0.4 is 0 Å². The molecule has 1 heterocycles. The van der Waals surface area contributed by atoms with E-state index in [4.69, 9.17) is 11.6 Å². The molecular formula is C19H22ClNO2S. The molecule has 1 aliphatic heterocycles. The molecule has 0 aliphatic carbocycles. The highest BCUT2D eigenvalue weighted by Crippen LogP contribution is 2.25. The van der Waals surface area contributed by atoms with E-state index in [1.807, 2.05) is 12.1 Å². The fraction of sp³-hybridized carbons (Fsp3) is 0.368. The van der Waals surface area contributed by atoms with Crippen LogP contribution in [0.15, 0.2) is 54.6 Å². The Morgan fingerprint density at radius 3 is 2.29 bits per heavy atom. The van der Waals surface area contributed by atoms with Gasteiger partial charge >= 0.3 is 0 Å². The molecule has 2 aromatic carbocycles. The van der Waals surface area contributed by atoms with Crippen molar-refractivity contribution in [1.29, 1.82) is 0 Å². The van der Waals surface area contributed by atoms with E-state index in [9.17, 15) is 8.42 Å². The number of benzene rings is 2. The normalized spacial score (nSPS) is 17.0. The zero-order valence-electron chi connectivity index (χ0n) is 13.6. The summed E-state index contributed by atoms with van der Waals surface area (Å²) in [6.45, 7) is 1.22. The minimum Gasteiger partial charge on any atom is -0.212 e. The Kier molecular flexibility index (Phi) is 5.59. The quantitative estimate of drug-likeness (QED) is 0.801. The molecule has 0 bridgehead atoms. The first-order valence-corrected chi connectivity index (χ1v) is 10.3. The van der Waals surface area contributed by atoms with E-state index >= 15 is 0 Å². The summed E-state index contributed by atoms with van der Waals surface area (Å²) in [5, 5.41) is 0.573. The van der Waals surface area contributed by atoms with E-state index in [2.05, 4.69) is 24.3 Å². The Labute approximate surface area is 149 Å². The lowest BCUT2D eigenvalue weighted by Gasteiger charge is -2.31. The van der Waals surface area contributed by atoms with Crippen LogP contribution in [-0.2, 0) is 22.2 Å². The van der Waals surface area contributed by atoms with Crippen LogP contribution in [0.3, 0.4) is 0 Å². The average molecular weight is 364 g/mol. The first-order valence-electron chi connectivity index (χ1n) is 8.29. The van der Waals surface area contributed by atoms with Crippen molar-refractivity contribution < 1.29 is 8.42 Å². The third-order valence-electron chi connectivity index (χ3n) is 4.57. The van der Waals surface area contributed by atoms with Crippen LogP contribution in [0.25, 0.3) is 0 Å². The molecule has 1 saturated heterocycles. The Morgan fingerprint density at radius 2 is 1.62 bits per heavy atom. The van der Waals surface area contributed by atoms with Gasteiger partial charge in [0.25, 0.3) is 0 Å². The Hall–Kier alpha value is -1.36. The monoisotopic (exact) mass is 363 g/mol. The SMILES string of the molecule is O=S(=O)(Cc1cccc(Cl)c1)N1CCC(Cc2ccccc2)CC1. The molecule has 3 rings (SSSR count).